The standard InChI is InChI=1S/C20H26Cl2N2O3/c1-2-27-20(26)24-15-6-7-16(24)11-13(10-15)4-3-9-23-19(25)14-5-8-17(21)18(22)12-14/h5,8,12-13,15-16H,2-4,6-7,9-11H2,1H3,(H,23,25). The third-order valence-corrected chi connectivity index (χ3v) is 6.30. The van der Waals surface area contributed by atoms with Gasteiger partial charge in [0.2, 0.25) is 0 Å². The molecule has 0 aliphatic carbocycles. The summed E-state index contributed by atoms with van der Waals surface area (Å²) < 4.78 is 5.20. The number of carbonyl (C=O) groups is 2. The number of hydrogen-bond acceptors (Lipinski definition) is 3. The third-order valence-electron chi connectivity index (χ3n) is 5.57. The summed E-state index contributed by atoms with van der Waals surface area (Å²) in [6.45, 7) is 2.90. The van der Waals surface area contributed by atoms with Crippen LogP contribution in [0.25, 0.3) is 0 Å². The summed E-state index contributed by atoms with van der Waals surface area (Å²) in [7, 11) is 0. The molecule has 3 rings (SSSR count). The van der Waals surface area contributed by atoms with Crippen molar-refractivity contribution >= 4 is 35.2 Å². The van der Waals surface area contributed by atoms with Gasteiger partial charge >= 0.3 is 6.09 Å². The Hall–Kier alpha value is -1.46. The second-order valence-corrected chi connectivity index (χ2v) is 8.17. The Morgan fingerprint density at radius 3 is 2.52 bits per heavy atom. The maximum absolute atomic E-state index is 12.2. The van der Waals surface area contributed by atoms with E-state index in [2.05, 4.69) is 5.32 Å². The van der Waals surface area contributed by atoms with Crippen LogP contribution in [-0.2, 0) is 4.74 Å². The lowest BCUT2D eigenvalue weighted by molar-refractivity contribution is 0.0588. The number of fused-ring (bicyclic) bond motifs is 2. The summed E-state index contributed by atoms with van der Waals surface area (Å²) in [6.07, 6.45) is 6.06. The molecule has 2 atom stereocenters. The van der Waals surface area contributed by atoms with E-state index >= 15 is 0 Å². The molecule has 2 unspecified atom stereocenters. The zero-order chi connectivity index (χ0) is 19.4. The summed E-state index contributed by atoms with van der Waals surface area (Å²) in [5.74, 6) is 0.473. The molecule has 2 aliphatic rings. The van der Waals surface area contributed by atoms with E-state index in [9.17, 15) is 9.59 Å². The number of amides is 2. The normalized spacial score (nSPS) is 24.0. The molecule has 1 aromatic rings. The largest absolute Gasteiger partial charge is 0.450 e. The number of nitrogens with one attached hydrogen (secondary N) is 1. The number of ether oxygens (including phenoxy) is 1. The lowest BCUT2D eigenvalue weighted by Crippen LogP contribution is -2.46. The van der Waals surface area contributed by atoms with E-state index in [0.29, 0.717) is 46.8 Å². The molecule has 1 N–H and O–H groups in total. The van der Waals surface area contributed by atoms with Crippen LogP contribution in [0, 0.1) is 5.92 Å². The van der Waals surface area contributed by atoms with Crippen LogP contribution in [0.15, 0.2) is 18.2 Å². The molecular weight excluding hydrogens is 387 g/mol. The van der Waals surface area contributed by atoms with Gasteiger partial charge in [0, 0.05) is 24.2 Å². The second-order valence-electron chi connectivity index (χ2n) is 7.36. The van der Waals surface area contributed by atoms with E-state index in [1.807, 2.05) is 11.8 Å². The first-order chi connectivity index (χ1) is 13.0. The number of benzene rings is 1. The number of halogens is 2. The van der Waals surface area contributed by atoms with Crippen LogP contribution in [0.1, 0.15) is 55.8 Å². The smallest absolute Gasteiger partial charge is 0.410 e. The minimum Gasteiger partial charge on any atom is -0.450 e. The molecule has 0 saturated carbocycles. The van der Waals surface area contributed by atoms with Crippen molar-refractivity contribution in [1.82, 2.24) is 10.2 Å². The van der Waals surface area contributed by atoms with Crippen molar-refractivity contribution in [2.75, 3.05) is 13.2 Å². The first kappa shape index (κ1) is 20.3. The Morgan fingerprint density at radius 1 is 1.19 bits per heavy atom. The number of rotatable bonds is 6. The van der Waals surface area contributed by atoms with Crippen molar-refractivity contribution in [1.29, 1.82) is 0 Å². The average Bonchev–Trinajstić information content (AvgIpc) is 2.92. The number of nitrogens with zero attached hydrogens (tertiary/aromatic N) is 1. The minimum atomic E-state index is -0.155. The van der Waals surface area contributed by atoms with Gasteiger partial charge in [-0.25, -0.2) is 4.79 Å². The van der Waals surface area contributed by atoms with Crippen LogP contribution < -0.4 is 5.32 Å². The van der Waals surface area contributed by atoms with Gasteiger partial charge in [-0.05, 0) is 69.6 Å². The highest BCUT2D eigenvalue weighted by Gasteiger charge is 2.43. The third kappa shape index (κ3) is 4.88. The van der Waals surface area contributed by atoms with Gasteiger partial charge in [0.25, 0.3) is 5.91 Å². The molecule has 2 bridgehead atoms. The molecule has 2 saturated heterocycles. The molecule has 0 spiro atoms. The van der Waals surface area contributed by atoms with Crippen molar-refractivity contribution in [2.45, 2.75) is 57.5 Å². The Balaban J connectivity index is 1.41. The Bertz CT molecular complexity index is 684. The molecule has 27 heavy (non-hydrogen) atoms. The maximum atomic E-state index is 12.2. The lowest BCUT2D eigenvalue weighted by Gasteiger charge is -2.38. The number of carbonyl (C=O) groups excluding carboxylic acids is 2. The van der Waals surface area contributed by atoms with E-state index in [4.69, 9.17) is 27.9 Å². The van der Waals surface area contributed by atoms with E-state index in [1.54, 1.807) is 18.2 Å². The molecule has 2 heterocycles. The van der Waals surface area contributed by atoms with Crippen molar-refractivity contribution < 1.29 is 14.3 Å². The Morgan fingerprint density at radius 2 is 1.89 bits per heavy atom. The van der Waals surface area contributed by atoms with Gasteiger partial charge in [0.15, 0.2) is 0 Å². The van der Waals surface area contributed by atoms with Crippen molar-refractivity contribution in [3.63, 3.8) is 0 Å². The summed E-state index contributed by atoms with van der Waals surface area (Å²) in [4.78, 5) is 26.3. The molecule has 0 aromatic heterocycles. The highest BCUT2D eigenvalue weighted by atomic mass is 35.5. The van der Waals surface area contributed by atoms with Crippen LogP contribution in [-0.4, -0.2) is 42.1 Å². The molecule has 148 valence electrons. The fourth-order valence-corrected chi connectivity index (χ4v) is 4.65. The molecule has 0 radical (unpaired) electrons. The summed E-state index contributed by atoms with van der Waals surface area (Å²) in [5, 5.41) is 3.77. The summed E-state index contributed by atoms with van der Waals surface area (Å²) in [6, 6.07) is 5.53. The Kier molecular flexibility index (Phi) is 6.88. The molecule has 2 aliphatic heterocycles. The number of piperidine rings is 1. The minimum absolute atomic E-state index is 0.134. The van der Waals surface area contributed by atoms with Gasteiger partial charge in [0.05, 0.1) is 16.7 Å². The molecular formula is C20H26Cl2N2O3. The highest BCUT2D eigenvalue weighted by Crippen LogP contribution is 2.40. The average molecular weight is 413 g/mol. The van der Waals surface area contributed by atoms with E-state index < -0.39 is 0 Å². The lowest BCUT2D eigenvalue weighted by atomic mass is 9.87. The molecule has 1 aromatic carbocycles. The molecule has 7 heteroatoms. The van der Waals surface area contributed by atoms with Crippen molar-refractivity contribution in [2.24, 2.45) is 5.92 Å². The van der Waals surface area contributed by atoms with Gasteiger partial charge in [-0.3, -0.25) is 4.79 Å². The topological polar surface area (TPSA) is 58.6 Å². The summed E-state index contributed by atoms with van der Waals surface area (Å²) in [5.41, 5.74) is 0.519. The SMILES string of the molecule is CCOC(=O)N1C2CCC1CC(CCCNC(=O)c1ccc(Cl)c(Cl)c1)C2. The van der Waals surface area contributed by atoms with E-state index in [1.165, 1.54) is 0 Å². The fraction of sp³-hybridized carbons (Fsp3) is 0.600. The monoisotopic (exact) mass is 412 g/mol. The summed E-state index contributed by atoms with van der Waals surface area (Å²) >= 11 is 11.8. The maximum Gasteiger partial charge on any atom is 0.410 e. The zero-order valence-electron chi connectivity index (χ0n) is 15.5. The predicted molar refractivity (Wildman–Crippen MR) is 106 cm³/mol. The Labute approximate surface area is 170 Å². The van der Waals surface area contributed by atoms with Crippen LogP contribution in [0.2, 0.25) is 10.0 Å². The van der Waals surface area contributed by atoms with Crippen LogP contribution in [0.4, 0.5) is 4.79 Å². The van der Waals surface area contributed by atoms with Gasteiger partial charge in [-0.1, -0.05) is 23.2 Å². The van der Waals surface area contributed by atoms with Crippen LogP contribution in [0.3, 0.4) is 0 Å². The molecule has 2 fully saturated rings. The van der Waals surface area contributed by atoms with Gasteiger partial charge in [0.1, 0.15) is 0 Å². The van der Waals surface area contributed by atoms with Gasteiger partial charge < -0.3 is 15.0 Å². The van der Waals surface area contributed by atoms with Crippen molar-refractivity contribution in [3.05, 3.63) is 33.8 Å². The highest BCUT2D eigenvalue weighted by molar-refractivity contribution is 6.42. The van der Waals surface area contributed by atoms with Crippen LogP contribution >= 0.6 is 23.2 Å². The molecule has 2 amide bonds. The fourth-order valence-electron chi connectivity index (χ4n) is 4.35. The zero-order valence-corrected chi connectivity index (χ0v) is 17.1. The quantitative estimate of drug-likeness (QED) is 0.675. The van der Waals surface area contributed by atoms with E-state index in [0.717, 1.165) is 38.5 Å². The van der Waals surface area contributed by atoms with Crippen LogP contribution in [0.5, 0.6) is 0 Å². The van der Waals surface area contributed by atoms with Gasteiger partial charge in [-0.2, -0.15) is 0 Å². The first-order valence-corrected chi connectivity index (χ1v) is 10.4. The first-order valence-electron chi connectivity index (χ1n) is 9.68. The van der Waals surface area contributed by atoms with Gasteiger partial charge in [-0.15, -0.1) is 0 Å². The van der Waals surface area contributed by atoms with E-state index in [-0.39, 0.29) is 12.0 Å². The number of hydrogen-bond donors (Lipinski definition) is 1. The predicted octanol–water partition coefficient (Wildman–Crippen LogP) is 4.90. The van der Waals surface area contributed by atoms with Crippen molar-refractivity contribution in [3.8, 4) is 0 Å². The second kappa shape index (κ2) is 9.16. The molecule has 5 nitrogen and oxygen atoms in total.